The molecule has 0 aliphatic rings. The SMILES string of the molecule is CC(c1ccccc1)(c1ccc(F)cc1)c1ccc(F)cc1. The molecular formula is C20H16F2. The third kappa shape index (κ3) is 2.52. The van der Waals surface area contributed by atoms with Crippen molar-refractivity contribution in [2.75, 3.05) is 0 Å². The van der Waals surface area contributed by atoms with Crippen LogP contribution in [0.5, 0.6) is 0 Å². The van der Waals surface area contributed by atoms with Gasteiger partial charge >= 0.3 is 0 Å². The van der Waals surface area contributed by atoms with Crippen molar-refractivity contribution in [1.29, 1.82) is 0 Å². The van der Waals surface area contributed by atoms with E-state index in [0.29, 0.717) is 0 Å². The van der Waals surface area contributed by atoms with Gasteiger partial charge < -0.3 is 0 Å². The minimum Gasteiger partial charge on any atom is -0.207 e. The van der Waals surface area contributed by atoms with Crippen LogP contribution >= 0.6 is 0 Å². The lowest BCUT2D eigenvalue weighted by molar-refractivity contribution is 0.618. The fourth-order valence-electron chi connectivity index (χ4n) is 2.84. The van der Waals surface area contributed by atoms with E-state index in [9.17, 15) is 8.78 Å². The molecule has 0 nitrogen and oxygen atoms in total. The maximum Gasteiger partial charge on any atom is 0.123 e. The molecule has 0 saturated heterocycles. The van der Waals surface area contributed by atoms with E-state index < -0.39 is 5.41 Å². The van der Waals surface area contributed by atoms with Crippen LogP contribution in [0.25, 0.3) is 0 Å². The van der Waals surface area contributed by atoms with Crippen LogP contribution in [0.1, 0.15) is 23.6 Å². The van der Waals surface area contributed by atoms with Crippen molar-refractivity contribution in [3.63, 3.8) is 0 Å². The molecule has 3 rings (SSSR count). The lowest BCUT2D eigenvalue weighted by Gasteiger charge is -2.32. The second kappa shape index (κ2) is 5.72. The highest BCUT2D eigenvalue weighted by atomic mass is 19.1. The molecule has 0 saturated carbocycles. The average molecular weight is 294 g/mol. The van der Waals surface area contributed by atoms with Crippen LogP contribution in [0.3, 0.4) is 0 Å². The predicted octanol–water partition coefficient (Wildman–Crippen LogP) is 5.32. The molecular weight excluding hydrogens is 278 g/mol. The molecule has 0 radical (unpaired) electrons. The zero-order chi connectivity index (χ0) is 15.6. The first-order valence-electron chi connectivity index (χ1n) is 7.18. The maximum atomic E-state index is 13.3. The van der Waals surface area contributed by atoms with E-state index in [4.69, 9.17) is 0 Å². The largest absolute Gasteiger partial charge is 0.207 e. The quantitative estimate of drug-likeness (QED) is 0.574. The second-order valence-corrected chi connectivity index (χ2v) is 5.50. The van der Waals surface area contributed by atoms with Crippen LogP contribution in [0.15, 0.2) is 78.9 Å². The Hall–Kier alpha value is -2.48. The van der Waals surface area contributed by atoms with Gasteiger partial charge in [0.2, 0.25) is 0 Å². The molecule has 3 aromatic carbocycles. The van der Waals surface area contributed by atoms with E-state index in [1.54, 1.807) is 24.3 Å². The molecule has 3 aromatic rings. The monoisotopic (exact) mass is 294 g/mol. The fraction of sp³-hybridized carbons (Fsp3) is 0.100. The number of benzene rings is 3. The first-order chi connectivity index (χ1) is 10.6. The topological polar surface area (TPSA) is 0 Å². The predicted molar refractivity (Wildman–Crippen MR) is 84.8 cm³/mol. The van der Waals surface area contributed by atoms with E-state index >= 15 is 0 Å². The van der Waals surface area contributed by atoms with Crippen molar-refractivity contribution in [3.05, 3.63) is 107 Å². The lowest BCUT2D eigenvalue weighted by Crippen LogP contribution is -2.25. The van der Waals surface area contributed by atoms with Crippen molar-refractivity contribution < 1.29 is 8.78 Å². The molecule has 22 heavy (non-hydrogen) atoms. The van der Waals surface area contributed by atoms with E-state index in [1.165, 1.54) is 24.3 Å². The summed E-state index contributed by atoms with van der Waals surface area (Å²) in [6.07, 6.45) is 0. The Morgan fingerprint density at radius 3 is 1.32 bits per heavy atom. The van der Waals surface area contributed by atoms with Crippen LogP contribution in [-0.2, 0) is 5.41 Å². The molecule has 0 fully saturated rings. The highest BCUT2D eigenvalue weighted by Gasteiger charge is 2.30. The van der Waals surface area contributed by atoms with Crippen LogP contribution in [-0.4, -0.2) is 0 Å². The molecule has 0 heterocycles. The summed E-state index contributed by atoms with van der Waals surface area (Å²) in [6, 6.07) is 22.9. The molecule has 0 aromatic heterocycles. The summed E-state index contributed by atoms with van der Waals surface area (Å²) in [5.41, 5.74) is 2.54. The Balaban J connectivity index is 2.22. The molecule has 110 valence electrons. The van der Waals surface area contributed by atoms with Crippen molar-refractivity contribution in [1.82, 2.24) is 0 Å². The Labute approximate surface area is 129 Å². The van der Waals surface area contributed by atoms with Gasteiger partial charge in [-0.1, -0.05) is 54.6 Å². The van der Waals surface area contributed by atoms with Crippen LogP contribution in [0.4, 0.5) is 8.78 Å². The third-order valence-corrected chi connectivity index (χ3v) is 4.19. The van der Waals surface area contributed by atoms with Gasteiger partial charge in [0.25, 0.3) is 0 Å². The minimum absolute atomic E-state index is 0.265. The van der Waals surface area contributed by atoms with E-state index in [0.717, 1.165) is 16.7 Å². The van der Waals surface area contributed by atoms with Gasteiger partial charge in [0.15, 0.2) is 0 Å². The third-order valence-electron chi connectivity index (χ3n) is 4.19. The van der Waals surface area contributed by atoms with Gasteiger partial charge in [-0.25, -0.2) is 8.78 Å². The van der Waals surface area contributed by atoms with E-state index in [1.807, 2.05) is 30.3 Å². The molecule has 0 aliphatic heterocycles. The number of halogens is 2. The summed E-state index contributed by atoms with van der Waals surface area (Å²) >= 11 is 0. The van der Waals surface area contributed by atoms with Crippen LogP contribution in [0, 0.1) is 11.6 Å². The normalized spacial score (nSPS) is 11.4. The molecule has 0 aliphatic carbocycles. The molecule has 0 unspecified atom stereocenters. The summed E-state index contributed by atoms with van der Waals surface area (Å²) in [4.78, 5) is 0. The lowest BCUT2D eigenvalue weighted by atomic mass is 9.71. The molecule has 2 heteroatoms. The Morgan fingerprint density at radius 1 is 0.545 bits per heavy atom. The summed E-state index contributed by atoms with van der Waals surface area (Å²) < 4.78 is 26.6. The first kappa shape index (κ1) is 14.5. The zero-order valence-electron chi connectivity index (χ0n) is 12.3. The van der Waals surface area contributed by atoms with Gasteiger partial charge in [0.05, 0.1) is 0 Å². The number of rotatable bonds is 3. The number of hydrogen-bond donors (Lipinski definition) is 0. The molecule has 0 bridgehead atoms. The molecule has 0 amide bonds. The zero-order valence-corrected chi connectivity index (χ0v) is 12.3. The minimum atomic E-state index is -0.470. The standard InChI is InChI=1S/C20H16F2/c1-20(15-5-3-2-4-6-15,16-7-11-18(21)12-8-16)17-9-13-19(22)14-10-17/h2-14H,1H3. The first-order valence-corrected chi connectivity index (χ1v) is 7.18. The molecule has 0 spiro atoms. The average Bonchev–Trinajstić information content (AvgIpc) is 2.56. The Kier molecular flexibility index (Phi) is 3.76. The van der Waals surface area contributed by atoms with Gasteiger partial charge in [-0.15, -0.1) is 0 Å². The van der Waals surface area contributed by atoms with Crippen molar-refractivity contribution in [2.45, 2.75) is 12.3 Å². The fourth-order valence-corrected chi connectivity index (χ4v) is 2.84. The summed E-state index contributed by atoms with van der Waals surface area (Å²) in [5, 5.41) is 0. The Bertz CT molecular complexity index is 698. The smallest absolute Gasteiger partial charge is 0.123 e. The van der Waals surface area contributed by atoms with Crippen molar-refractivity contribution >= 4 is 0 Å². The van der Waals surface area contributed by atoms with Crippen molar-refractivity contribution in [2.24, 2.45) is 0 Å². The highest BCUT2D eigenvalue weighted by molar-refractivity contribution is 5.49. The van der Waals surface area contributed by atoms with Gasteiger partial charge in [-0.2, -0.15) is 0 Å². The van der Waals surface area contributed by atoms with Gasteiger partial charge in [0, 0.05) is 5.41 Å². The Morgan fingerprint density at radius 2 is 0.909 bits per heavy atom. The summed E-state index contributed by atoms with van der Waals surface area (Å²) in [5.74, 6) is -0.531. The molecule has 0 N–H and O–H groups in total. The summed E-state index contributed by atoms with van der Waals surface area (Å²) in [7, 11) is 0. The maximum absolute atomic E-state index is 13.3. The van der Waals surface area contributed by atoms with Gasteiger partial charge in [-0.3, -0.25) is 0 Å². The summed E-state index contributed by atoms with van der Waals surface area (Å²) in [6.45, 7) is 2.07. The number of hydrogen-bond acceptors (Lipinski definition) is 0. The van der Waals surface area contributed by atoms with E-state index in [-0.39, 0.29) is 11.6 Å². The van der Waals surface area contributed by atoms with Crippen molar-refractivity contribution in [3.8, 4) is 0 Å². The van der Waals surface area contributed by atoms with Crippen LogP contribution in [0.2, 0.25) is 0 Å². The van der Waals surface area contributed by atoms with Gasteiger partial charge in [0.1, 0.15) is 11.6 Å². The van der Waals surface area contributed by atoms with Crippen LogP contribution < -0.4 is 0 Å². The van der Waals surface area contributed by atoms with Gasteiger partial charge in [-0.05, 0) is 47.9 Å². The van der Waals surface area contributed by atoms with E-state index in [2.05, 4.69) is 6.92 Å². The second-order valence-electron chi connectivity index (χ2n) is 5.50. The highest BCUT2D eigenvalue weighted by Crippen LogP contribution is 2.38. The molecule has 0 atom stereocenters.